The number of aryl methyl sites for hydroxylation is 1. The molecule has 1 heteroatoms. The Balaban J connectivity index is 2.35. The summed E-state index contributed by atoms with van der Waals surface area (Å²) in [6.07, 6.45) is 2.53. The summed E-state index contributed by atoms with van der Waals surface area (Å²) in [5.74, 6) is 0. The van der Waals surface area contributed by atoms with Gasteiger partial charge in [-0.2, -0.15) is 0 Å². The van der Waals surface area contributed by atoms with E-state index in [1.807, 2.05) is 0 Å². The molecule has 1 heterocycles. The summed E-state index contributed by atoms with van der Waals surface area (Å²) >= 11 is 0. The monoisotopic (exact) mass is 189 g/mol. The van der Waals surface area contributed by atoms with E-state index >= 15 is 0 Å². The summed E-state index contributed by atoms with van der Waals surface area (Å²) in [5.41, 5.74) is 3.06. The molecule has 0 amide bonds. The van der Waals surface area contributed by atoms with Crippen molar-refractivity contribution in [3.8, 4) is 0 Å². The number of benzene rings is 1. The minimum Gasteiger partial charge on any atom is -0.305 e. The Bertz CT molecular complexity index is 332. The summed E-state index contributed by atoms with van der Waals surface area (Å²) in [4.78, 5) is 0. The molecule has 0 radical (unpaired) electrons. The molecule has 2 atom stereocenters. The van der Waals surface area contributed by atoms with Crippen LogP contribution >= 0.6 is 0 Å². The van der Waals surface area contributed by atoms with Crippen LogP contribution in [0.4, 0.5) is 0 Å². The van der Waals surface area contributed by atoms with Gasteiger partial charge in [0.05, 0.1) is 0 Å². The van der Waals surface area contributed by atoms with E-state index in [4.69, 9.17) is 0 Å². The second kappa shape index (κ2) is 3.39. The van der Waals surface area contributed by atoms with Gasteiger partial charge < -0.3 is 5.32 Å². The molecule has 0 spiro atoms. The van der Waals surface area contributed by atoms with E-state index in [-0.39, 0.29) is 5.54 Å². The molecule has 0 aliphatic carbocycles. The van der Waals surface area contributed by atoms with Crippen molar-refractivity contribution in [1.82, 2.24) is 5.32 Å². The molecule has 1 aliphatic heterocycles. The van der Waals surface area contributed by atoms with Gasteiger partial charge in [0.15, 0.2) is 0 Å². The van der Waals surface area contributed by atoms with Crippen molar-refractivity contribution < 1.29 is 0 Å². The molecule has 0 aromatic heterocycles. The van der Waals surface area contributed by atoms with E-state index in [1.54, 1.807) is 0 Å². The minimum atomic E-state index is 0.199. The zero-order chi connectivity index (χ0) is 10.2. The van der Waals surface area contributed by atoms with E-state index in [0.717, 1.165) is 0 Å². The molecule has 76 valence electrons. The van der Waals surface area contributed by atoms with Crippen molar-refractivity contribution in [3.05, 3.63) is 35.4 Å². The van der Waals surface area contributed by atoms with Crippen molar-refractivity contribution in [3.63, 3.8) is 0 Å². The van der Waals surface area contributed by atoms with Crippen LogP contribution in [0.3, 0.4) is 0 Å². The third-order valence-corrected chi connectivity index (χ3v) is 3.38. The maximum Gasteiger partial charge on any atom is 0.0411 e. The molecule has 1 aromatic carbocycles. The maximum absolute atomic E-state index is 3.69. The summed E-state index contributed by atoms with van der Waals surface area (Å²) in [6.45, 7) is 6.79. The fourth-order valence-electron chi connectivity index (χ4n) is 2.60. The molecule has 1 nitrogen and oxygen atoms in total. The van der Waals surface area contributed by atoms with Crippen molar-refractivity contribution in [2.45, 2.75) is 45.2 Å². The Morgan fingerprint density at radius 1 is 1.36 bits per heavy atom. The van der Waals surface area contributed by atoms with Crippen molar-refractivity contribution >= 4 is 0 Å². The summed E-state index contributed by atoms with van der Waals surface area (Å²) < 4.78 is 0. The predicted octanol–water partition coefficient (Wildman–Crippen LogP) is 2.98. The van der Waals surface area contributed by atoms with Gasteiger partial charge in [0, 0.05) is 11.6 Å². The second-order valence-electron chi connectivity index (χ2n) is 4.73. The van der Waals surface area contributed by atoms with Crippen molar-refractivity contribution in [2.75, 3.05) is 0 Å². The van der Waals surface area contributed by atoms with Gasteiger partial charge in [-0.3, -0.25) is 0 Å². The predicted molar refractivity (Wildman–Crippen MR) is 60.4 cm³/mol. The second-order valence-corrected chi connectivity index (χ2v) is 4.73. The number of rotatable bonds is 1. The van der Waals surface area contributed by atoms with E-state index in [9.17, 15) is 0 Å². The van der Waals surface area contributed by atoms with Crippen LogP contribution in [0.5, 0.6) is 0 Å². The van der Waals surface area contributed by atoms with Crippen LogP contribution in [0.1, 0.15) is 37.8 Å². The van der Waals surface area contributed by atoms with Gasteiger partial charge in [-0.05, 0) is 44.7 Å². The minimum absolute atomic E-state index is 0.199. The van der Waals surface area contributed by atoms with Gasteiger partial charge >= 0.3 is 0 Å². The Kier molecular flexibility index (Phi) is 2.36. The van der Waals surface area contributed by atoms with Crippen LogP contribution in [0.2, 0.25) is 0 Å². The SMILES string of the molecule is Cc1ccccc1C1(C)CCC(C)N1. The van der Waals surface area contributed by atoms with E-state index in [2.05, 4.69) is 50.4 Å². The van der Waals surface area contributed by atoms with Crippen LogP contribution in [0, 0.1) is 6.92 Å². The van der Waals surface area contributed by atoms with Gasteiger partial charge in [-0.25, -0.2) is 0 Å². The normalized spacial score (nSPS) is 32.1. The Labute approximate surface area is 86.5 Å². The lowest BCUT2D eigenvalue weighted by Crippen LogP contribution is -2.37. The highest BCUT2D eigenvalue weighted by atomic mass is 15.0. The fourth-order valence-corrected chi connectivity index (χ4v) is 2.60. The molecule has 1 fully saturated rings. The Morgan fingerprint density at radius 3 is 2.64 bits per heavy atom. The number of hydrogen-bond donors (Lipinski definition) is 1. The first kappa shape index (κ1) is 9.72. The third-order valence-electron chi connectivity index (χ3n) is 3.38. The standard InChI is InChI=1S/C13H19N/c1-10-6-4-5-7-12(10)13(3)9-8-11(2)14-13/h4-7,11,14H,8-9H2,1-3H3. The Morgan fingerprint density at radius 2 is 2.07 bits per heavy atom. The average molecular weight is 189 g/mol. The zero-order valence-electron chi connectivity index (χ0n) is 9.30. The Hall–Kier alpha value is -0.820. The number of hydrogen-bond acceptors (Lipinski definition) is 1. The lowest BCUT2D eigenvalue weighted by molar-refractivity contribution is 0.411. The average Bonchev–Trinajstić information content (AvgIpc) is 2.48. The molecule has 1 saturated heterocycles. The first-order chi connectivity index (χ1) is 6.62. The van der Waals surface area contributed by atoms with E-state index in [1.165, 1.54) is 24.0 Å². The largest absolute Gasteiger partial charge is 0.305 e. The molecule has 2 rings (SSSR count). The highest BCUT2D eigenvalue weighted by Crippen LogP contribution is 2.34. The summed E-state index contributed by atoms with van der Waals surface area (Å²) in [7, 11) is 0. The third kappa shape index (κ3) is 1.57. The van der Waals surface area contributed by atoms with Crippen LogP contribution in [0.15, 0.2) is 24.3 Å². The molecular weight excluding hydrogens is 170 g/mol. The first-order valence-electron chi connectivity index (χ1n) is 5.46. The maximum atomic E-state index is 3.69. The molecule has 1 aromatic rings. The molecule has 0 bridgehead atoms. The molecule has 0 saturated carbocycles. The lowest BCUT2D eigenvalue weighted by atomic mass is 9.87. The highest BCUT2D eigenvalue weighted by molar-refractivity contribution is 5.33. The zero-order valence-corrected chi connectivity index (χ0v) is 9.30. The van der Waals surface area contributed by atoms with Gasteiger partial charge in [-0.1, -0.05) is 24.3 Å². The topological polar surface area (TPSA) is 12.0 Å². The van der Waals surface area contributed by atoms with Crippen molar-refractivity contribution in [2.24, 2.45) is 0 Å². The summed E-state index contributed by atoms with van der Waals surface area (Å²) in [5, 5.41) is 3.69. The highest BCUT2D eigenvalue weighted by Gasteiger charge is 2.34. The van der Waals surface area contributed by atoms with Crippen LogP contribution < -0.4 is 5.32 Å². The first-order valence-corrected chi connectivity index (χ1v) is 5.46. The molecule has 1 N–H and O–H groups in total. The van der Waals surface area contributed by atoms with Crippen LogP contribution in [-0.2, 0) is 5.54 Å². The molecule has 2 unspecified atom stereocenters. The molecule has 14 heavy (non-hydrogen) atoms. The smallest absolute Gasteiger partial charge is 0.0411 e. The quantitative estimate of drug-likeness (QED) is 0.716. The van der Waals surface area contributed by atoms with E-state index in [0.29, 0.717) is 6.04 Å². The van der Waals surface area contributed by atoms with Gasteiger partial charge in [0.2, 0.25) is 0 Å². The van der Waals surface area contributed by atoms with Crippen LogP contribution in [0.25, 0.3) is 0 Å². The van der Waals surface area contributed by atoms with E-state index < -0.39 is 0 Å². The van der Waals surface area contributed by atoms with Crippen molar-refractivity contribution in [1.29, 1.82) is 0 Å². The molecular formula is C13H19N. The van der Waals surface area contributed by atoms with Crippen LogP contribution in [-0.4, -0.2) is 6.04 Å². The van der Waals surface area contributed by atoms with Gasteiger partial charge in [0.25, 0.3) is 0 Å². The van der Waals surface area contributed by atoms with Gasteiger partial charge in [0.1, 0.15) is 0 Å². The summed E-state index contributed by atoms with van der Waals surface area (Å²) in [6, 6.07) is 9.35. The molecule has 1 aliphatic rings. The lowest BCUT2D eigenvalue weighted by Gasteiger charge is -2.27. The van der Waals surface area contributed by atoms with Gasteiger partial charge in [-0.15, -0.1) is 0 Å². The number of nitrogens with one attached hydrogen (secondary N) is 1. The fraction of sp³-hybridized carbons (Fsp3) is 0.538.